The van der Waals surface area contributed by atoms with E-state index >= 15 is 0 Å². The molecule has 0 saturated carbocycles. The second kappa shape index (κ2) is 7.79. The van der Waals surface area contributed by atoms with Crippen LogP contribution < -0.4 is 4.90 Å². The van der Waals surface area contributed by atoms with Gasteiger partial charge in [0.2, 0.25) is 11.7 Å². The van der Waals surface area contributed by atoms with Crippen LogP contribution in [0.4, 0.5) is 5.95 Å². The Hall–Kier alpha value is -3.00. The van der Waals surface area contributed by atoms with Crippen molar-refractivity contribution in [1.29, 1.82) is 0 Å². The lowest BCUT2D eigenvalue weighted by atomic mass is 10.2. The molecule has 1 saturated heterocycles. The third-order valence-corrected chi connectivity index (χ3v) is 5.93. The van der Waals surface area contributed by atoms with Gasteiger partial charge in [0.1, 0.15) is 0 Å². The average Bonchev–Trinajstić information content (AvgIpc) is 3.54. The van der Waals surface area contributed by atoms with E-state index in [2.05, 4.69) is 56.0 Å². The van der Waals surface area contributed by atoms with Crippen molar-refractivity contribution in [2.75, 3.05) is 18.0 Å². The molecule has 5 rings (SSSR count). The summed E-state index contributed by atoms with van der Waals surface area (Å²) in [6.07, 6.45) is 4.01. The summed E-state index contributed by atoms with van der Waals surface area (Å²) in [5.41, 5.74) is 3.14. The second-order valence-electron chi connectivity index (χ2n) is 7.10. The maximum absolute atomic E-state index is 5.40. The lowest BCUT2D eigenvalue weighted by Crippen LogP contribution is -2.22. The topological polar surface area (TPSA) is 73.1 Å². The van der Waals surface area contributed by atoms with Gasteiger partial charge >= 0.3 is 0 Å². The number of thioether (sulfide) groups is 1. The average molecular weight is 407 g/mol. The van der Waals surface area contributed by atoms with Crippen LogP contribution in [0.5, 0.6) is 0 Å². The maximum atomic E-state index is 5.40. The lowest BCUT2D eigenvalue weighted by molar-refractivity contribution is 0.413. The molecule has 29 heavy (non-hydrogen) atoms. The van der Waals surface area contributed by atoms with Crippen LogP contribution in [0, 0.1) is 6.92 Å². The largest absolute Gasteiger partial charge is 0.461 e. The highest BCUT2D eigenvalue weighted by molar-refractivity contribution is 7.98. The smallest absolute Gasteiger partial charge is 0.232 e. The Balaban J connectivity index is 1.41. The molecule has 1 aliphatic rings. The molecular weight excluding hydrogens is 386 g/mol. The highest BCUT2D eigenvalue weighted by Gasteiger charge is 2.22. The van der Waals surface area contributed by atoms with Crippen LogP contribution in [0.15, 0.2) is 62.8 Å². The van der Waals surface area contributed by atoms with Crippen LogP contribution in [0.1, 0.15) is 24.1 Å². The van der Waals surface area contributed by atoms with Gasteiger partial charge in [0.05, 0.1) is 17.6 Å². The predicted octanol–water partition coefficient (Wildman–Crippen LogP) is 4.72. The third kappa shape index (κ3) is 3.67. The molecular formula is C21H21N5O2S. The van der Waals surface area contributed by atoms with Crippen LogP contribution in [0.2, 0.25) is 0 Å². The zero-order chi connectivity index (χ0) is 19.6. The van der Waals surface area contributed by atoms with Crippen molar-refractivity contribution < 1.29 is 8.94 Å². The molecule has 0 spiro atoms. The molecule has 0 aliphatic carbocycles. The molecule has 7 nitrogen and oxygen atoms in total. The van der Waals surface area contributed by atoms with Gasteiger partial charge in [-0.05, 0) is 44.0 Å². The third-order valence-electron chi connectivity index (χ3n) is 4.97. The minimum absolute atomic E-state index is 0.628. The van der Waals surface area contributed by atoms with Gasteiger partial charge in [-0.25, -0.2) is 0 Å². The molecule has 3 aromatic heterocycles. The van der Waals surface area contributed by atoms with Gasteiger partial charge in [-0.1, -0.05) is 34.6 Å². The van der Waals surface area contributed by atoms with Crippen molar-refractivity contribution in [1.82, 2.24) is 19.9 Å². The zero-order valence-corrected chi connectivity index (χ0v) is 16.9. The molecule has 0 amide bonds. The zero-order valence-electron chi connectivity index (χ0n) is 16.1. The first-order valence-electron chi connectivity index (χ1n) is 9.67. The number of benzene rings is 1. The summed E-state index contributed by atoms with van der Waals surface area (Å²) in [5, 5.41) is 14.0. The number of aryl methyl sites for hydroxylation is 1. The number of hydrogen-bond acceptors (Lipinski definition) is 7. The fourth-order valence-electron chi connectivity index (χ4n) is 3.45. The lowest BCUT2D eigenvalue weighted by Gasteiger charge is -2.18. The first-order chi connectivity index (χ1) is 14.3. The van der Waals surface area contributed by atoms with Crippen LogP contribution in [-0.4, -0.2) is 33.0 Å². The first-order valence-corrected chi connectivity index (χ1v) is 10.7. The van der Waals surface area contributed by atoms with E-state index in [1.807, 2.05) is 18.2 Å². The van der Waals surface area contributed by atoms with Gasteiger partial charge in [0.25, 0.3) is 0 Å². The first kappa shape index (κ1) is 18.1. The summed E-state index contributed by atoms with van der Waals surface area (Å²) in [4.78, 5) is 2.31. The van der Waals surface area contributed by atoms with E-state index in [1.54, 1.807) is 18.0 Å². The molecule has 0 radical (unpaired) electrons. The molecule has 0 bridgehead atoms. The second-order valence-corrected chi connectivity index (χ2v) is 8.04. The molecule has 1 aliphatic heterocycles. The Kier molecular flexibility index (Phi) is 4.85. The number of anilines is 1. The van der Waals surface area contributed by atoms with Crippen molar-refractivity contribution in [2.45, 2.75) is 30.7 Å². The minimum atomic E-state index is 0.628. The van der Waals surface area contributed by atoms with Crippen molar-refractivity contribution in [2.24, 2.45) is 0 Å². The van der Waals surface area contributed by atoms with Crippen LogP contribution in [-0.2, 0) is 5.75 Å². The van der Waals surface area contributed by atoms with Crippen molar-refractivity contribution in [3.8, 4) is 17.2 Å². The molecule has 0 N–H and O–H groups in total. The molecule has 0 atom stereocenters. The number of rotatable bonds is 6. The van der Waals surface area contributed by atoms with Crippen molar-refractivity contribution in [3.63, 3.8) is 0 Å². The van der Waals surface area contributed by atoms with E-state index in [1.165, 1.54) is 18.4 Å². The van der Waals surface area contributed by atoms with Crippen molar-refractivity contribution in [3.05, 3.63) is 60.0 Å². The molecule has 4 heterocycles. The monoisotopic (exact) mass is 407 g/mol. The van der Waals surface area contributed by atoms with Crippen molar-refractivity contribution >= 4 is 17.7 Å². The van der Waals surface area contributed by atoms with Gasteiger partial charge in [-0.15, -0.1) is 10.2 Å². The fraction of sp³-hybridized carbons (Fsp3) is 0.286. The predicted molar refractivity (Wildman–Crippen MR) is 111 cm³/mol. The van der Waals surface area contributed by atoms with E-state index in [-0.39, 0.29) is 0 Å². The summed E-state index contributed by atoms with van der Waals surface area (Å²) in [6.45, 7) is 4.13. The number of nitrogens with zero attached hydrogens (tertiary/aromatic N) is 5. The number of furan rings is 1. The van der Waals surface area contributed by atoms with E-state index in [4.69, 9.17) is 8.94 Å². The van der Waals surface area contributed by atoms with Crippen LogP contribution >= 0.6 is 11.8 Å². The summed E-state index contributed by atoms with van der Waals surface area (Å²) in [5.74, 6) is 2.84. The molecule has 1 aromatic carbocycles. The number of aromatic nitrogens is 4. The molecule has 1 fully saturated rings. The SMILES string of the molecule is Cc1ccc(-n2c(SCc3cc(-c4ccco4)on3)nnc2N2CCCC2)cc1. The summed E-state index contributed by atoms with van der Waals surface area (Å²) in [7, 11) is 0. The summed E-state index contributed by atoms with van der Waals surface area (Å²) < 4.78 is 12.9. The molecule has 8 heteroatoms. The molecule has 0 unspecified atom stereocenters. The van der Waals surface area contributed by atoms with Crippen LogP contribution in [0.25, 0.3) is 17.2 Å². The number of hydrogen-bond donors (Lipinski definition) is 0. The Morgan fingerprint density at radius 2 is 1.86 bits per heavy atom. The van der Waals surface area contributed by atoms with E-state index in [9.17, 15) is 0 Å². The standard InChI is InChI=1S/C21H21N5O2S/c1-15-6-8-17(9-7-15)26-20(25-10-2-3-11-25)22-23-21(26)29-14-16-13-19(28-24-16)18-5-4-12-27-18/h4-9,12-13H,2-3,10-11,14H2,1H3. The van der Waals surface area contributed by atoms with Gasteiger partial charge < -0.3 is 13.8 Å². The van der Waals surface area contributed by atoms with E-state index < -0.39 is 0 Å². The normalized spacial score (nSPS) is 14.0. The van der Waals surface area contributed by atoms with Gasteiger partial charge in [-0.2, -0.15) is 0 Å². The van der Waals surface area contributed by atoms with Gasteiger partial charge in [-0.3, -0.25) is 4.57 Å². The Morgan fingerprint density at radius 1 is 1.03 bits per heavy atom. The highest BCUT2D eigenvalue weighted by atomic mass is 32.2. The van der Waals surface area contributed by atoms with E-state index in [0.717, 1.165) is 35.6 Å². The van der Waals surface area contributed by atoms with Gasteiger partial charge in [0.15, 0.2) is 10.9 Å². The Bertz CT molecular complexity index is 1080. The van der Waals surface area contributed by atoms with E-state index in [0.29, 0.717) is 17.3 Å². The minimum Gasteiger partial charge on any atom is -0.461 e. The maximum Gasteiger partial charge on any atom is 0.232 e. The fourth-order valence-corrected chi connectivity index (χ4v) is 4.28. The van der Waals surface area contributed by atoms with Crippen LogP contribution in [0.3, 0.4) is 0 Å². The summed E-state index contributed by atoms with van der Waals surface area (Å²) in [6, 6.07) is 14.1. The molecule has 148 valence electrons. The summed E-state index contributed by atoms with van der Waals surface area (Å²) >= 11 is 1.60. The van der Waals surface area contributed by atoms with Gasteiger partial charge in [0, 0.05) is 24.9 Å². The highest BCUT2D eigenvalue weighted by Crippen LogP contribution is 2.31. The molecule has 4 aromatic rings. The quantitative estimate of drug-likeness (QED) is 0.428. The Morgan fingerprint density at radius 3 is 2.62 bits per heavy atom. The Labute approximate surface area is 172 Å².